The number of likely N-dealkylation sites (tertiary alicyclic amines) is 1. The Labute approximate surface area is 151 Å². The number of carbonyl (C=O) groups is 3. The summed E-state index contributed by atoms with van der Waals surface area (Å²) in [5.41, 5.74) is -2.38. The maximum atomic E-state index is 12.9. The van der Waals surface area contributed by atoms with Gasteiger partial charge < -0.3 is 25.3 Å². The van der Waals surface area contributed by atoms with E-state index in [0.717, 1.165) is 0 Å². The lowest BCUT2D eigenvalue weighted by atomic mass is 9.71. The molecular weight excluding hydrogens is 342 g/mol. The number of aliphatic hydroxyl groups excluding tert-OH is 1. The molecule has 2 aliphatic rings. The predicted molar refractivity (Wildman–Crippen MR) is 91.2 cm³/mol. The molecule has 4 N–H and O–H groups in total. The van der Waals surface area contributed by atoms with E-state index in [1.807, 2.05) is 0 Å². The van der Waals surface area contributed by atoms with Crippen molar-refractivity contribution < 1.29 is 34.8 Å². The van der Waals surface area contributed by atoms with Gasteiger partial charge >= 0.3 is 11.9 Å². The summed E-state index contributed by atoms with van der Waals surface area (Å²) >= 11 is 0. The Balaban J connectivity index is 2.36. The van der Waals surface area contributed by atoms with Gasteiger partial charge in [-0.25, -0.2) is 4.79 Å². The third-order valence-corrected chi connectivity index (χ3v) is 5.49. The molecule has 1 saturated heterocycles. The summed E-state index contributed by atoms with van der Waals surface area (Å²) in [6.45, 7) is 3.21. The number of carbonyl (C=O) groups excluding carboxylic acids is 1. The first-order chi connectivity index (χ1) is 12.1. The highest BCUT2D eigenvalue weighted by Crippen LogP contribution is 2.41. The molecule has 0 saturated carbocycles. The molecule has 0 aromatic rings. The number of hydrogen-bond acceptors (Lipinski definition) is 5. The smallest absolute Gasteiger partial charge is 0.332 e. The second kappa shape index (κ2) is 7.20. The number of rotatable bonds is 5. The highest BCUT2D eigenvalue weighted by molar-refractivity contribution is 6.07. The van der Waals surface area contributed by atoms with E-state index in [2.05, 4.69) is 0 Å². The lowest BCUT2D eigenvalue weighted by molar-refractivity contribution is -0.147. The van der Waals surface area contributed by atoms with Crippen molar-refractivity contribution in [1.82, 2.24) is 4.90 Å². The van der Waals surface area contributed by atoms with Crippen molar-refractivity contribution in [2.75, 3.05) is 19.7 Å². The van der Waals surface area contributed by atoms with E-state index < -0.39 is 35.5 Å². The van der Waals surface area contributed by atoms with Crippen LogP contribution in [0.3, 0.4) is 0 Å². The molecule has 0 bridgehead atoms. The van der Waals surface area contributed by atoms with Crippen molar-refractivity contribution in [1.29, 1.82) is 0 Å². The van der Waals surface area contributed by atoms with E-state index in [4.69, 9.17) is 0 Å². The molecule has 0 aromatic carbocycles. The zero-order valence-corrected chi connectivity index (χ0v) is 15.0. The molecule has 1 aliphatic carbocycles. The summed E-state index contributed by atoms with van der Waals surface area (Å²) in [4.78, 5) is 37.8. The van der Waals surface area contributed by atoms with Gasteiger partial charge in [-0.1, -0.05) is 13.0 Å². The molecule has 1 fully saturated rings. The van der Waals surface area contributed by atoms with Crippen LogP contribution in [0.25, 0.3) is 0 Å². The third kappa shape index (κ3) is 3.52. The van der Waals surface area contributed by atoms with Crippen molar-refractivity contribution in [3.05, 3.63) is 22.8 Å². The maximum absolute atomic E-state index is 12.9. The lowest BCUT2D eigenvalue weighted by Gasteiger charge is -2.38. The predicted octanol–water partition coefficient (Wildman–Crippen LogP) is 0.544. The Morgan fingerprint density at radius 2 is 1.77 bits per heavy atom. The van der Waals surface area contributed by atoms with Crippen LogP contribution in [-0.2, 0) is 14.4 Å². The van der Waals surface area contributed by atoms with Crippen LogP contribution >= 0.6 is 0 Å². The molecule has 1 heterocycles. The fourth-order valence-electron chi connectivity index (χ4n) is 3.62. The zero-order chi connectivity index (χ0) is 19.7. The van der Waals surface area contributed by atoms with Crippen molar-refractivity contribution in [2.24, 2.45) is 5.41 Å². The Morgan fingerprint density at radius 1 is 1.19 bits per heavy atom. The van der Waals surface area contributed by atoms with Crippen molar-refractivity contribution >= 4 is 17.8 Å². The largest absolute Gasteiger partial charge is 0.481 e. The number of hydrogen-bond donors (Lipinski definition) is 4. The molecule has 8 heteroatoms. The van der Waals surface area contributed by atoms with Crippen molar-refractivity contribution in [2.45, 2.75) is 45.1 Å². The quantitative estimate of drug-likeness (QED) is 0.557. The number of piperidine rings is 1. The summed E-state index contributed by atoms with van der Waals surface area (Å²) in [5.74, 6) is -2.90. The van der Waals surface area contributed by atoms with Gasteiger partial charge in [-0.2, -0.15) is 0 Å². The minimum Gasteiger partial charge on any atom is -0.481 e. The van der Waals surface area contributed by atoms with Crippen LogP contribution in [-0.4, -0.2) is 68.5 Å². The minimum absolute atomic E-state index is 0.0252. The van der Waals surface area contributed by atoms with E-state index in [9.17, 15) is 34.8 Å². The highest BCUT2D eigenvalue weighted by Gasteiger charge is 2.43. The fraction of sp³-hybridized carbons (Fsp3) is 0.611. The summed E-state index contributed by atoms with van der Waals surface area (Å²) in [6, 6.07) is 0. The molecule has 0 aromatic heterocycles. The Kier molecular flexibility index (Phi) is 5.58. The number of aliphatic hydroxyl groups is 2. The first-order valence-electron chi connectivity index (χ1n) is 8.61. The van der Waals surface area contributed by atoms with Gasteiger partial charge in [0.25, 0.3) is 5.91 Å². The van der Waals surface area contributed by atoms with Crippen LogP contribution in [0, 0.1) is 5.41 Å². The van der Waals surface area contributed by atoms with Crippen LogP contribution in [0.1, 0.15) is 39.5 Å². The molecule has 1 aliphatic heterocycles. The van der Waals surface area contributed by atoms with E-state index in [0.29, 0.717) is 5.57 Å². The molecule has 26 heavy (non-hydrogen) atoms. The monoisotopic (exact) mass is 367 g/mol. The minimum atomic E-state index is -1.33. The van der Waals surface area contributed by atoms with E-state index in [1.54, 1.807) is 13.8 Å². The second-order valence-corrected chi connectivity index (χ2v) is 7.15. The van der Waals surface area contributed by atoms with Crippen LogP contribution in [0.2, 0.25) is 0 Å². The van der Waals surface area contributed by atoms with Crippen LogP contribution in [0.15, 0.2) is 22.8 Å². The molecule has 1 amide bonds. The van der Waals surface area contributed by atoms with Gasteiger partial charge in [0.05, 0.1) is 28.8 Å². The number of nitrogens with zero attached hydrogens (tertiary/aromatic N) is 1. The molecule has 8 nitrogen and oxygen atoms in total. The molecule has 1 unspecified atom stereocenters. The fourth-order valence-corrected chi connectivity index (χ4v) is 3.62. The maximum Gasteiger partial charge on any atom is 0.332 e. The van der Waals surface area contributed by atoms with E-state index in [-0.39, 0.29) is 49.9 Å². The summed E-state index contributed by atoms with van der Waals surface area (Å²) in [5, 5.41) is 38.4. The van der Waals surface area contributed by atoms with Gasteiger partial charge in [-0.3, -0.25) is 9.59 Å². The Morgan fingerprint density at radius 3 is 2.19 bits per heavy atom. The van der Waals surface area contributed by atoms with Crippen LogP contribution < -0.4 is 0 Å². The van der Waals surface area contributed by atoms with Gasteiger partial charge in [0.1, 0.15) is 0 Å². The van der Waals surface area contributed by atoms with Crippen LogP contribution in [0.5, 0.6) is 0 Å². The number of aliphatic carboxylic acids is 2. The molecule has 2 rings (SSSR count). The normalized spacial score (nSPS) is 25.7. The zero-order valence-electron chi connectivity index (χ0n) is 15.0. The first kappa shape index (κ1) is 20.1. The lowest BCUT2D eigenvalue weighted by Crippen LogP contribution is -2.49. The molecule has 144 valence electrons. The third-order valence-electron chi connectivity index (χ3n) is 5.49. The SMILES string of the molecule is CCC1(C(=O)O)C=C(C)C(C(=O)N2CCC(O)(CO)CC2)=C(C(=O)O)C1. The second-order valence-electron chi connectivity index (χ2n) is 7.15. The molecule has 0 spiro atoms. The average Bonchev–Trinajstić information content (AvgIpc) is 2.60. The standard InChI is InChI=1S/C18H25NO7/c1-3-17(16(24)25)8-11(2)13(12(9-17)15(22)23)14(21)19-6-4-18(26,10-20)5-7-19/h8,20,26H,3-7,9-10H2,1-2H3,(H,22,23)(H,24,25). The number of carboxylic acid groups (broad SMARTS) is 2. The first-order valence-corrected chi connectivity index (χ1v) is 8.61. The van der Waals surface area contributed by atoms with Gasteiger partial charge in [0.2, 0.25) is 0 Å². The van der Waals surface area contributed by atoms with Gasteiger partial charge in [-0.05, 0) is 38.2 Å². The number of amides is 1. The highest BCUT2D eigenvalue weighted by atomic mass is 16.4. The van der Waals surface area contributed by atoms with E-state index in [1.165, 1.54) is 11.0 Å². The topological polar surface area (TPSA) is 135 Å². The molecule has 0 radical (unpaired) electrons. The Bertz CT molecular complexity index is 686. The van der Waals surface area contributed by atoms with E-state index >= 15 is 0 Å². The summed E-state index contributed by atoms with van der Waals surface area (Å²) in [7, 11) is 0. The Hall–Kier alpha value is -2.19. The van der Waals surface area contributed by atoms with Gasteiger partial charge in [0, 0.05) is 13.1 Å². The van der Waals surface area contributed by atoms with Gasteiger partial charge in [-0.15, -0.1) is 0 Å². The van der Waals surface area contributed by atoms with Crippen molar-refractivity contribution in [3.63, 3.8) is 0 Å². The van der Waals surface area contributed by atoms with Crippen LogP contribution in [0.4, 0.5) is 0 Å². The molecule has 1 atom stereocenters. The average molecular weight is 367 g/mol. The van der Waals surface area contributed by atoms with Gasteiger partial charge in [0.15, 0.2) is 0 Å². The summed E-state index contributed by atoms with van der Waals surface area (Å²) < 4.78 is 0. The molecular formula is C18H25NO7. The number of carboxylic acids is 2. The summed E-state index contributed by atoms with van der Waals surface area (Å²) in [6.07, 6.45) is 1.83. The van der Waals surface area contributed by atoms with Crippen molar-refractivity contribution in [3.8, 4) is 0 Å².